The number of aromatic nitrogens is 2. The van der Waals surface area contributed by atoms with Crippen molar-refractivity contribution in [2.75, 3.05) is 0 Å². The first-order chi connectivity index (χ1) is 9.24. The predicted molar refractivity (Wildman–Crippen MR) is 76.7 cm³/mol. The van der Waals surface area contributed by atoms with E-state index in [1.807, 2.05) is 36.5 Å². The van der Waals surface area contributed by atoms with Gasteiger partial charge < -0.3 is 0 Å². The standard InChI is InChI=1S/C15H10BrFN2/c16-12-4-3-5-13(8-12)19-10-11(9-18-19)14-6-1-2-7-15(14)17/h1-10H. The van der Waals surface area contributed by atoms with Gasteiger partial charge in [-0.2, -0.15) is 5.10 Å². The molecule has 3 aromatic rings. The minimum absolute atomic E-state index is 0.240. The topological polar surface area (TPSA) is 17.8 Å². The van der Waals surface area contributed by atoms with Gasteiger partial charge in [-0.1, -0.05) is 40.2 Å². The van der Waals surface area contributed by atoms with Gasteiger partial charge in [0.25, 0.3) is 0 Å². The molecule has 0 amide bonds. The van der Waals surface area contributed by atoms with Crippen molar-refractivity contribution in [3.8, 4) is 16.8 Å². The van der Waals surface area contributed by atoms with Gasteiger partial charge in [-0.3, -0.25) is 0 Å². The fourth-order valence-corrected chi connectivity index (χ4v) is 2.30. The second-order valence-corrected chi connectivity index (χ2v) is 5.05. The summed E-state index contributed by atoms with van der Waals surface area (Å²) in [6.07, 6.45) is 3.49. The molecule has 0 aliphatic rings. The van der Waals surface area contributed by atoms with E-state index in [-0.39, 0.29) is 5.82 Å². The molecule has 0 aliphatic carbocycles. The fourth-order valence-electron chi connectivity index (χ4n) is 1.92. The molecule has 0 N–H and O–H groups in total. The number of halogens is 2. The van der Waals surface area contributed by atoms with Crippen LogP contribution in [0.3, 0.4) is 0 Å². The van der Waals surface area contributed by atoms with Gasteiger partial charge in [-0.15, -0.1) is 0 Å². The highest BCUT2D eigenvalue weighted by Gasteiger charge is 2.07. The van der Waals surface area contributed by atoms with E-state index < -0.39 is 0 Å². The van der Waals surface area contributed by atoms with E-state index in [1.54, 1.807) is 23.0 Å². The van der Waals surface area contributed by atoms with Crippen molar-refractivity contribution in [2.45, 2.75) is 0 Å². The Balaban J connectivity index is 2.03. The number of hydrogen-bond acceptors (Lipinski definition) is 1. The lowest BCUT2D eigenvalue weighted by Crippen LogP contribution is -1.93. The minimum atomic E-state index is -0.240. The van der Waals surface area contributed by atoms with Crippen molar-refractivity contribution in [1.29, 1.82) is 0 Å². The lowest BCUT2D eigenvalue weighted by molar-refractivity contribution is 0.631. The van der Waals surface area contributed by atoms with Crippen molar-refractivity contribution >= 4 is 15.9 Å². The van der Waals surface area contributed by atoms with E-state index >= 15 is 0 Å². The Morgan fingerprint density at radius 3 is 2.68 bits per heavy atom. The van der Waals surface area contributed by atoms with Crippen LogP contribution in [0.5, 0.6) is 0 Å². The van der Waals surface area contributed by atoms with Crippen LogP contribution in [0.2, 0.25) is 0 Å². The summed E-state index contributed by atoms with van der Waals surface area (Å²) >= 11 is 3.42. The fraction of sp³-hybridized carbons (Fsp3) is 0. The first-order valence-electron chi connectivity index (χ1n) is 5.79. The van der Waals surface area contributed by atoms with Crippen LogP contribution in [0.1, 0.15) is 0 Å². The van der Waals surface area contributed by atoms with Crippen LogP contribution in [0, 0.1) is 5.82 Å². The van der Waals surface area contributed by atoms with E-state index in [0.29, 0.717) is 5.56 Å². The molecule has 0 aliphatic heterocycles. The molecule has 4 heteroatoms. The molecule has 3 rings (SSSR count). The van der Waals surface area contributed by atoms with Gasteiger partial charge in [0.1, 0.15) is 5.82 Å². The summed E-state index contributed by atoms with van der Waals surface area (Å²) in [4.78, 5) is 0. The molecule has 0 fully saturated rings. The summed E-state index contributed by atoms with van der Waals surface area (Å²) in [5.74, 6) is -0.240. The molecule has 0 spiro atoms. The molecular weight excluding hydrogens is 307 g/mol. The number of benzene rings is 2. The summed E-state index contributed by atoms with van der Waals surface area (Å²) in [6.45, 7) is 0. The SMILES string of the molecule is Fc1ccccc1-c1cnn(-c2cccc(Br)c2)c1. The number of rotatable bonds is 2. The van der Waals surface area contributed by atoms with Crippen LogP contribution in [0.25, 0.3) is 16.8 Å². The summed E-state index contributed by atoms with van der Waals surface area (Å²) in [5.41, 5.74) is 2.25. The molecule has 0 saturated carbocycles. The lowest BCUT2D eigenvalue weighted by atomic mass is 10.1. The first kappa shape index (κ1) is 12.1. The van der Waals surface area contributed by atoms with Crippen molar-refractivity contribution in [3.63, 3.8) is 0 Å². The third kappa shape index (κ3) is 2.44. The van der Waals surface area contributed by atoms with E-state index in [9.17, 15) is 4.39 Å². The van der Waals surface area contributed by atoms with Crippen molar-refractivity contribution in [3.05, 3.63) is 71.2 Å². The Morgan fingerprint density at radius 1 is 1.05 bits per heavy atom. The second kappa shape index (κ2) is 4.97. The zero-order valence-electron chi connectivity index (χ0n) is 9.92. The van der Waals surface area contributed by atoms with Gasteiger partial charge in [0.2, 0.25) is 0 Å². The van der Waals surface area contributed by atoms with Crippen LogP contribution in [-0.4, -0.2) is 9.78 Å². The van der Waals surface area contributed by atoms with Gasteiger partial charge in [0, 0.05) is 21.8 Å². The summed E-state index contributed by atoms with van der Waals surface area (Å²) in [6, 6.07) is 14.5. The lowest BCUT2D eigenvalue weighted by Gasteiger charge is -2.01. The quantitative estimate of drug-likeness (QED) is 0.683. The molecule has 94 valence electrons. The molecule has 0 saturated heterocycles. The van der Waals surface area contributed by atoms with Crippen LogP contribution in [0.4, 0.5) is 4.39 Å². The van der Waals surface area contributed by atoms with Crippen molar-refractivity contribution < 1.29 is 4.39 Å². The van der Waals surface area contributed by atoms with Gasteiger partial charge in [0.15, 0.2) is 0 Å². The van der Waals surface area contributed by atoms with Gasteiger partial charge in [0.05, 0.1) is 11.9 Å². The smallest absolute Gasteiger partial charge is 0.131 e. The van der Waals surface area contributed by atoms with Crippen molar-refractivity contribution in [1.82, 2.24) is 9.78 Å². The number of hydrogen-bond donors (Lipinski definition) is 0. The molecule has 1 heterocycles. The molecule has 19 heavy (non-hydrogen) atoms. The summed E-state index contributed by atoms with van der Waals surface area (Å²) in [5, 5.41) is 4.27. The average Bonchev–Trinajstić information content (AvgIpc) is 2.89. The second-order valence-electron chi connectivity index (χ2n) is 4.13. The molecule has 1 aromatic heterocycles. The zero-order valence-corrected chi connectivity index (χ0v) is 11.5. The van der Waals surface area contributed by atoms with E-state index in [0.717, 1.165) is 15.7 Å². The highest BCUT2D eigenvalue weighted by atomic mass is 79.9. The maximum absolute atomic E-state index is 13.7. The monoisotopic (exact) mass is 316 g/mol. The normalized spacial score (nSPS) is 10.6. The third-order valence-electron chi connectivity index (χ3n) is 2.84. The van der Waals surface area contributed by atoms with Crippen LogP contribution in [0.15, 0.2) is 65.4 Å². The zero-order chi connectivity index (χ0) is 13.2. The van der Waals surface area contributed by atoms with Crippen LogP contribution < -0.4 is 0 Å². The maximum atomic E-state index is 13.7. The highest BCUT2D eigenvalue weighted by molar-refractivity contribution is 9.10. The Morgan fingerprint density at radius 2 is 1.89 bits per heavy atom. The predicted octanol–water partition coefficient (Wildman–Crippen LogP) is 4.44. The Hall–Kier alpha value is -1.94. The van der Waals surface area contributed by atoms with Crippen molar-refractivity contribution in [2.24, 2.45) is 0 Å². The summed E-state index contributed by atoms with van der Waals surface area (Å²) < 4.78 is 16.4. The Bertz CT molecular complexity index is 721. The Labute approximate surface area is 118 Å². The van der Waals surface area contributed by atoms with E-state index in [4.69, 9.17) is 0 Å². The molecule has 0 radical (unpaired) electrons. The molecular formula is C15H10BrFN2. The molecule has 2 nitrogen and oxygen atoms in total. The third-order valence-corrected chi connectivity index (χ3v) is 3.33. The molecule has 0 atom stereocenters. The molecule has 0 unspecified atom stereocenters. The molecule has 2 aromatic carbocycles. The molecule has 0 bridgehead atoms. The van der Waals surface area contributed by atoms with Gasteiger partial charge in [-0.25, -0.2) is 9.07 Å². The van der Waals surface area contributed by atoms with Crippen LogP contribution >= 0.6 is 15.9 Å². The van der Waals surface area contributed by atoms with E-state index in [2.05, 4.69) is 21.0 Å². The van der Waals surface area contributed by atoms with Gasteiger partial charge >= 0.3 is 0 Å². The Kier molecular flexibility index (Phi) is 3.17. The van der Waals surface area contributed by atoms with Crippen LogP contribution in [-0.2, 0) is 0 Å². The van der Waals surface area contributed by atoms with Gasteiger partial charge in [-0.05, 0) is 24.3 Å². The maximum Gasteiger partial charge on any atom is 0.131 e. The first-order valence-corrected chi connectivity index (χ1v) is 6.59. The highest BCUT2D eigenvalue weighted by Crippen LogP contribution is 2.23. The average molecular weight is 317 g/mol. The minimum Gasteiger partial charge on any atom is -0.240 e. The summed E-state index contributed by atoms with van der Waals surface area (Å²) in [7, 11) is 0. The number of nitrogens with zero attached hydrogens (tertiary/aromatic N) is 2. The van der Waals surface area contributed by atoms with E-state index in [1.165, 1.54) is 6.07 Å². The largest absolute Gasteiger partial charge is 0.240 e.